The molecule has 0 bridgehead atoms. The molecule has 2 aliphatic heterocycles. The van der Waals surface area contributed by atoms with Crippen LogP contribution in [0, 0.1) is 0 Å². The van der Waals surface area contributed by atoms with E-state index in [9.17, 15) is 9.90 Å². The van der Waals surface area contributed by atoms with Crippen molar-refractivity contribution in [3.8, 4) is 5.88 Å². The third kappa shape index (κ3) is 4.45. The number of carbonyl (C=O) groups is 1. The number of ether oxygens (including phenoxy) is 1. The van der Waals surface area contributed by atoms with Gasteiger partial charge in [0.2, 0.25) is 0 Å². The first-order chi connectivity index (χ1) is 16.6. The van der Waals surface area contributed by atoms with Gasteiger partial charge in [0.15, 0.2) is 5.88 Å². The lowest BCUT2D eigenvalue weighted by Gasteiger charge is -2.38. The number of carbonyl (C=O) groups excluding carboxylic acids is 1. The maximum Gasteiger partial charge on any atom is 0.251 e. The average Bonchev–Trinajstić information content (AvgIpc) is 3.55. The molecule has 180 valence electrons. The van der Waals surface area contributed by atoms with Crippen molar-refractivity contribution < 1.29 is 14.6 Å². The molecule has 0 saturated carbocycles. The second-order valence-electron chi connectivity index (χ2n) is 9.05. The highest BCUT2D eigenvalue weighted by atomic mass is 16.5. The Morgan fingerprint density at radius 1 is 1.35 bits per heavy atom. The van der Waals surface area contributed by atoms with Gasteiger partial charge in [0.1, 0.15) is 5.69 Å². The number of amides is 1. The van der Waals surface area contributed by atoms with Gasteiger partial charge in [0.05, 0.1) is 35.8 Å². The van der Waals surface area contributed by atoms with E-state index in [1.165, 1.54) is 0 Å². The number of hydrogen-bond donors (Lipinski definition) is 3. The molecule has 0 radical (unpaired) electrons. The quantitative estimate of drug-likeness (QED) is 0.443. The average molecular weight is 465 g/mol. The van der Waals surface area contributed by atoms with E-state index in [-0.39, 0.29) is 17.9 Å². The van der Waals surface area contributed by atoms with Crippen molar-refractivity contribution in [2.75, 3.05) is 32.8 Å². The summed E-state index contributed by atoms with van der Waals surface area (Å²) in [7, 11) is 0. The van der Waals surface area contributed by atoms with Crippen LogP contribution >= 0.6 is 0 Å². The Morgan fingerprint density at radius 3 is 2.94 bits per heavy atom. The number of likely N-dealkylation sites (N-methyl/N-ethyl adjacent to an activating group) is 1. The zero-order valence-corrected chi connectivity index (χ0v) is 19.8. The molecule has 1 amide bonds. The summed E-state index contributed by atoms with van der Waals surface area (Å²) in [5.74, 6) is -0.0978. The Kier molecular flexibility index (Phi) is 6.38. The zero-order valence-electron chi connectivity index (χ0n) is 19.8. The molecule has 0 aliphatic carbocycles. The number of rotatable bonds is 8. The number of aromatic nitrogens is 3. The third-order valence-electron chi connectivity index (χ3n) is 6.79. The fourth-order valence-corrected chi connectivity index (χ4v) is 4.75. The smallest absolute Gasteiger partial charge is 0.251 e. The number of aromatic amines is 1. The monoisotopic (exact) mass is 464 g/mol. The number of hydrogen-bond acceptors (Lipinski definition) is 6. The van der Waals surface area contributed by atoms with E-state index in [0.29, 0.717) is 30.1 Å². The molecule has 2 saturated heterocycles. The van der Waals surface area contributed by atoms with Crippen molar-refractivity contribution in [2.45, 2.75) is 45.3 Å². The van der Waals surface area contributed by atoms with Crippen molar-refractivity contribution in [3.05, 3.63) is 41.7 Å². The number of aromatic hydroxyl groups is 1. The largest absolute Gasteiger partial charge is 0.494 e. The standard InChI is InChI=1S/C25H32N6O3/c1-3-21(28-17-11-27-31(13-17)18-14-30(4-2)15-18)23-20-10-16(7-8-22(20)29-25(23)33)24(32)26-12-19-6-5-9-34-19/h7-8,10-11,13,18-19,29,33H,3-6,9,12,14-15H2,1-2H3,(H,26,32)/t19-/m1/s1. The summed E-state index contributed by atoms with van der Waals surface area (Å²) in [6, 6.07) is 5.78. The number of nitrogens with zero attached hydrogens (tertiary/aromatic N) is 4. The van der Waals surface area contributed by atoms with E-state index < -0.39 is 0 Å². The van der Waals surface area contributed by atoms with Gasteiger partial charge in [-0.2, -0.15) is 5.10 Å². The van der Waals surface area contributed by atoms with E-state index in [4.69, 9.17) is 9.73 Å². The van der Waals surface area contributed by atoms with E-state index in [0.717, 1.165) is 61.4 Å². The van der Waals surface area contributed by atoms with Crippen LogP contribution in [0.5, 0.6) is 5.88 Å². The minimum atomic E-state index is -0.151. The summed E-state index contributed by atoms with van der Waals surface area (Å²) >= 11 is 0. The number of aliphatic imine (C=N–C) groups is 1. The molecule has 0 unspecified atom stereocenters. The molecule has 5 rings (SSSR count). The molecule has 3 aromatic rings. The van der Waals surface area contributed by atoms with Gasteiger partial charge in [-0.3, -0.25) is 14.4 Å². The molecule has 2 aliphatic rings. The van der Waals surface area contributed by atoms with Gasteiger partial charge in [0, 0.05) is 42.7 Å². The molecule has 34 heavy (non-hydrogen) atoms. The fraction of sp³-hybridized carbons (Fsp3) is 0.480. The van der Waals surface area contributed by atoms with Crippen LogP contribution in [-0.2, 0) is 4.74 Å². The maximum absolute atomic E-state index is 12.8. The molecule has 0 spiro atoms. The van der Waals surface area contributed by atoms with Gasteiger partial charge in [-0.15, -0.1) is 0 Å². The van der Waals surface area contributed by atoms with Crippen molar-refractivity contribution in [2.24, 2.45) is 4.99 Å². The topological polar surface area (TPSA) is 108 Å². The summed E-state index contributed by atoms with van der Waals surface area (Å²) in [5.41, 5.74) is 3.42. The van der Waals surface area contributed by atoms with Crippen LogP contribution in [0.25, 0.3) is 10.9 Å². The van der Waals surface area contributed by atoms with Crippen molar-refractivity contribution in [3.63, 3.8) is 0 Å². The predicted octanol–water partition coefficient (Wildman–Crippen LogP) is 3.39. The molecule has 9 heteroatoms. The van der Waals surface area contributed by atoms with Crippen molar-refractivity contribution in [1.29, 1.82) is 0 Å². The van der Waals surface area contributed by atoms with Gasteiger partial charge in [-0.05, 0) is 44.0 Å². The Labute approximate surface area is 198 Å². The van der Waals surface area contributed by atoms with E-state index in [1.807, 2.05) is 29.9 Å². The van der Waals surface area contributed by atoms with E-state index in [2.05, 4.69) is 27.2 Å². The minimum absolute atomic E-state index is 0.0532. The summed E-state index contributed by atoms with van der Waals surface area (Å²) < 4.78 is 7.57. The second-order valence-corrected chi connectivity index (χ2v) is 9.05. The Balaban J connectivity index is 1.39. The van der Waals surface area contributed by atoms with Crippen LogP contribution in [0.3, 0.4) is 0 Å². The number of fused-ring (bicyclic) bond motifs is 1. The normalized spacial score (nSPS) is 19.6. The first kappa shape index (κ1) is 22.6. The lowest BCUT2D eigenvalue weighted by atomic mass is 10.0. The number of H-pyrrole nitrogens is 1. The van der Waals surface area contributed by atoms with Gasteiger partial charge in [-0.1, -0.05) is 13.8 Å². The molecular formula is C25H32N6O3. The van der Waals surface area contributed by atoms with Crippen LogP contribution < -0.4 is 5.32 Å². The van der Waals surface area contributed by atoms with Crippen LogP contribution in [0.4, 0.5) is 5.69 Å². The fourth-order valence-electron chi connectivity index (χ4n) is 4.75. The molecular weight excluding hydrogens is 432 g/mol. The number of likely N-dealkylation sites (tertiary alicyclic amines) is 1. The third-order valence-corrected chi connectivity index (χ3v) is 6.79. The molecule has 1 aromatic carbocycles. The zero-order chi connectivity index (χ0) is 23.7. The molecule has 3 N–H and O–H groups in total. The maximum atomic E-state index is 12.8. The lowest BCUT2D eigenvalue weighted by molar-refractivity contribution is 0.0858. The molecule has 1 atom stereocenters. The Bertz CT molecular complexity index is 1200. The van der Waals surface area contributed by atoms with Gasteiger partial charge in [-0.25, -0.2) is 4.99 Å². The van der Waals surface area contributed by atoms with Gasteiger partial charge < -0.3 is 20.1 Å². The van der Waals surface area contributed by atoms with Crippen LogP contribution in [-0.4, -0.2) is 75.3 Å². The van der Waals surface area contributed by atoms with Crippen molar-refractivity contribution >= 4 is 28.2 Å². The minimum Gasteiger partial charge on any atom is -0.494 e. The van der Waals surface area contributed by atoms with Crippen LogP contribution in [0.2, 0.25) is 0 Å². The molecule has 2 aromatic heterocycles. The van der Waals surface area contributed by atoms with Crippen LogP contribution in [0.1, 0.15) is 55.1 Å². The van der Waals surface area contributed by atoms with E-state index >= 15 is 0 Å². The lowest BCUT2D eigenvalue weighted by Crippen LogP contribution is -2.47. The molecule has 2 fully saturated rings. The molecule has 9 nitrogen and oxygen atoms in total. The number of benzene rings is 1. The second kappa shape index (κ2) is 9.60. The first-order valence-corrected chi connectivity index (χ1v) is 12.1. The summed E-state index contributed by atoms with van der Waals surface area (Å²) in [4.78, 5) is 23.0. The van der Waals surface area contributed by atoms with Crippen LogP contribution in [0.15, 0.2) is 35.6 Å². The highest BCUT2D eigenvalue weighted by Crippen LogP contribution is 2.31. The number of nitrogens with one attached hydrogen (secondary N) is 2. The highest BCUT2D eigenvalue weighted by molar-refractivity contribution is 6.14. The molecule has 4 heterocycles. The van der Waals surface area contributed by atoms with Crippen molar-refractivity contribution in [1.82, 2.24) is 25.0 Å². The SMILES string of the molecule is CCC(=Nc1cnn(C2CN(CC)C2)c1)c1c(O)[nH]c2ccc(C(=O)NC[C@H]3CCCO3)cc12. The van der Waals surface area contributed by atoms with E-state index in [1.54, 1.807) is 12.3 Å². The summed E-state index contributed by atoms with van der Waals surface area (Å²) in [5, 5.41) is 18.9. The predicted molar refractivity (Wildman–Crippen MR) is 131 cm³/mol. The first-order valence-electron chi connectivity index (χ1n) is 12.1. The van der Waals surface area contributed by atoms with Gasteiger partial charge in [0.25, 0.3) is 5.91 Å². The highest BCUT2D eigenvalue weighted by Gasteiger charge is 2.27. The summed E-state index contributed by atoms with van der Waals surface area (Å²) in [6.45, 7) is 8.49. The Morgan fingerprint density at radius 2 is 2.21 bits per heavy atom. The summed E-state index contributed by atoms with van der Waals surface area (Å²) in [6.07, 6.45) is 6.44. The van der Waals surface area contributed by atoms with Gasteiger partial charge >= 0.3 is 0 Å². The Hall–Kier alpha value is -3.17.